The molecule has 2 aromatic rings. The minimum Gasteiger partial charge on any atom is -0.478 e. The van der Waals surface area contributed by atoms with Gasteiger partial charge in [-0.15, -0.1) is 0 Å². The van der Waals surface area contributed by atoms with Gasteiger partial charge in [0.05, 0.1) is 5.56 Å². The fourth-order valence-electron chi connectivity index (χ4n) is 2.72. The van der Waals surface area contributed by atoms with Crippen molar-refractivity contribution in [1.82, 2.24) is 9.47 Å². The number of aromatic nitrogens is 1. The van der Waals surface area contributed by atoms with E-state index in [9.17, 15) is 9.59 Å². The molecule has 108 valence electrons. The zero-order chi connectivity index (χ0) is 15.0. The summed E-state index contributed by atoms with van der Waals surface area (Å²) in [5.41, 5.74) is 2.87. The zero-order valence-electron chi connectivity index (χ0n) is 11.7. The third-order valence-electron chi connectivity index (χ3n) is 3.85. The first kappa shape index (κ1) is 13.4. The molecule has 0 aliphatic carbocycles. The number of aryl methyl sites for hydroxylation is 1. The highest BCUT2D eigenvalue weighted by Gasteiger charge is 2.26. The van der Waals surface area contributed by atoms with E-state index in [4.69, 9.17) is 5.11 Å². The van der Waals surface area contributed by atoms with Gasteiger partial charge in [-0.1, -0.05) is 6.07 Å². The Morgan fingerprint density at radius 1 is 1.19 bits per heavy atom. The summed E-state index contributed by atoms with van der Waals surface area (Å²) in [6.07, 6.45) is 1.89. The summed E-state index contributed by atoms with van der Waals surface area (Å²) in [4.78, 5) is 25.3. The molecule has 1 aliphatic heterocycles. The molecule has 2 heterocycles. The first-order valence-electron chi connectivity index (χ1n) is 6.89. The lowest BCUT2D eigenvalue weighted by Gasteiger charge is -2.16. The van der Waals surface area contributed by atoms with Crippen LogP contribution >= 0.6 is 0 Å². The van der Waals surface area contributed by atoms with Gasteiger partial charge in [-0.25, -0.2) is 4.79 Å². The van der Waals surface area contributed by atoms with Gasteiger partial charge in [0, 0.05) is 25.8 Å². The molecular formula is C16H16N2O3. The largest absolute Gasteiger partial charge is 0.478 e. The van der Waals surface area contributed by atoms with Crippen LogP contribution in [-0.2, 0) is 19.6 Å². The minimum atomic E-state index is -0.942. The molecule has 0 unspecified atom stereocenters. The topological polar surface area (TPSA) is 62.5 Å². The lowest BCUT2D eigenvalue weighted by Crippen LogP contribution is -2.27. The van der Waals surface area contributed by atoms with Crippen molar-refractivity contribution in [3.8, 4) is 0 Å². The molecule has 1 N–H and O–H groups in total. The number of rotatable bonds is 3. The van der Waals surface area contributed by atoms with Gasteiger partial charge in [0.1, 0.15) is 5.69 Å². The van der Waals surface area contributed by atoms with Crippen molar-refractivity contribution < 1.29 is 14.7 Å². The van der Waals surface area contributed by atoms with Crippen LogP contribution in [0.3, 0.4) is 0 Å². The molecule has 21 heavy (non-hydrogen) atoms. The maximum atomic E-state index is 12.6. The third-order valence-corrected chi connectivity index (χ3v) is 3.85. The number of hydrogen-bond acceptors (Lipinski definition) is 2. The molecule has 0 radical (unpaired) electrons. The molecule has 0 bridgehead atoms. The van der Waals surface area contributed by atoms with Crippen molar-refractivity contribution in [2.45, 2.75) is 26.6 Å². The van der Waals surface area contributed by atoms with E-state index in [1.807, 2.05) is 29.8 Å². The average Bonchev–Trinajstić information content (AvgIpc) is 3.11. The van der Waals surface area contributed by atoms with E-state index in [1.165, 1.54) is 0 Å². The van der Waals surface area contributed by atoms with E-state index in [-0.39, 0.29) is 11.5 Å². The quantitative estimate of drug-likeness (QED) is 0.941. The predicted octanol–water partition coefficient (Wildman–Crippen LogP) is 2.36. The number of amides is 1. The van der Waals surface area contributed by atoms with Crippen LogP contribution in [0.5, 0.6) is 0 Å². The SMILES string of the molecule is CCn1cccc1C(=O)N1Cc2ccc(C(=O)O)cc2C1. The lowest BCUT2D eigenvalue weighted by atomic mass is 10.1. The van der Waals surface area contributed by atoms with E-state index in [0.29, 0.717) is 18.8 Å². The van der Waals surface area contributed by atoms with Crippen LogP contribution in [0.15, 0.2) is 36.5 Å². The van der Waals surface area contributed by atoms with E-state index in [2.05, 4.69) is 0 Å². The van der Waals surface area contributed by atoms with Crippen molar-refractivity contribution >= 4 is 11.9 Å². The number of carbonyl (C=O) groups is 2. The third kappa shape index (κ3) is 2.31. The van der Waals surface area contributed by atoms with Gasteiger partial charge in [-0.3, -0.25) is 4.79 Å². The van der Waals surface area contributed by atoms with Crippen molar-refractivity contribution in [2.75, 3.05) is 0 Å². The Labute approximate surface area is 122 Å². The average molecular weight is 284 g/mol. The van der Waals surface area contributed by atoms with Gasteiger partial charge in [-0.2, -0.15) is 0 Å². The molecule has 0 saturated carbocycles. The van der Waals surface area contributed by atoms with Crippen LogP contribution < -0.4 is 0 Å². The highest BCUT2D eigenvalue weighted by Crippen LogP contribution is 2.25. The Balaban J connectivity index is 1.84. The van der Waals surface area contributed by atoms with Gasteiger partial charge in [0.15, 0.2) is 0 Å². The summed E-state index contributed by atoms with van der Waals surface area (Å²) in [5, 5.41) is 9.03. The maximum absolute atomic E-state index is 12.6. The van der Waals surface area contributed by atoms with Crippen LogP contribution in [0, 0.1) is 0 Å². The van der Waals surface area contributed by atoms with Crippen molar-refractivity contribution in [3.05, 3.63) is 58.9 Å². The standard InChI is InChI=1S/C16H16N2O3/c1-2-17-7-3-4-14(17)15(19)18-9-12-6-5-11(16(20)21)8-13(12)10-18/h3-8H,2,9-10H2,1H3,(H,20,21). The molecule has 0 fully saturated rings. The number of carboxylic acid groups (broad SMARTS) is 1. The fraction of sp³-hybridized carbons (Fsp3) is 0.250. The molecule has 1 amide bonds. The number of carbonyl (C=O) groups excluding carboxylic acids is 1. The highest BCUT2D eigenvalue weighted by molar-refractivity contribution is 5.93. The van der Waals surface area contributed by atoms with Gasteiger partial charge in [-0.05, 0) is 42.3 Å². The summed E-state index contributed by atoms with van der Waals surface area (Å²) in [6.45, 7) is 3.74. The summed E-state index contributed by atoms with van der Waals surface area (Å²) in [6, 6.07) is 8.72. The number of aromatic carboxylic acids is 1. The summed E-state index contributed by atoms with van der Waals surface area (Å²) in [7, 11) is 0. The first-order valence-corrected chi connectivity index (χ1v) is 6.89. The molecule has 0 spiro atoms. The molecular weight excluding hydrogens is 268 g/mol. The Kier molecular flexibility index (Phi) is 3.25. The minimum absolute atomic E-state index is 0.0186. The Morgan fingerprint density at radius 3 is 2.67 bits per heavy atom. The molecule has 3 rings (SSSR count). The summed E-state index contributed by atoms with van der Waals surface area (Å²) in [5.74, 6) is -0.961. The van der Waals surface area contributed by atoms with Crippen LogP contribution in [-0.4, -0.2) is 26.5 Å². The Morgan fingerprint density at radius 2 is 1.95 bits per heavy atom. The second kappa shape index (κ2) is 5.09. The fourth-order valence-corrected chi connectivity index (χ4v) is 2.72. The predicted molar refractivity (Wildman–Crippen MR) is 77.1 cm³/mol. The summed E-state index contributed by atoms with van der Waals surface area (Å²) >= 11 is 0. The highest BCUT2D eigenvalue weighted by atomic mass is 16.4. The van der Waals surface area contributed by atoms with Gasteiger partial charge < -0.3 is 14.6 Å². The Hall–Kier alpha value is -2.56. The zero-order valence-corrected chi connectivity index (χ0v) is 11.7. The van der Waals surface area contributed by atoms with Crippen LogP contribution in [0.4, 0.5) is 0 Å². The van der Waals surface area contributed by atoms with Crippen LogP contribution in [0.2, 0.25) is 0 Å². The smallest absolute Gasteiger partial charge is 0.335 e. The van der Waals surface area contributed by atoms with E-state index >= 15 is 0 Å². The van der Waals surface area contributed by atoms with E-state index < -0.39 is 5.97 Å². The van der Waals surface area contributed by atoms with E-state index in [0.717, 1.165) is 17.7 Å². The number of benzene rings is 1. The maximum Gasteiger partial charge on any atom is 0.335 e. The van der Waals surface area contributed by atoms with Crippen molar-refractivity contribution in [1.29, 1.82) is 0 Å². The normalized spacial score (nSPS) is 13.3. The molecule has 1 aromatic carbocycles. The molecule has 5 heteroatoms. The number of hydrogen-bond donors (Lipinski definition) is 1. The lowest BCUT2D eigenvalue weighted by molar-refractivity contribution is 0.0696. The van der Waals surface area contributed by atoms with Crippen LogP contribution in [0.25, 0.3) is 0 Å². The number of fused-ring (bicyclic) bond motifs is 1. The second-order valence-electron chi connectivity index (χ2n) is 5.13. The van der Waals surface area contributed by atoms with Crippen molar-refractivity contribution in [2.24, 2.45) is 0 Å². The van der Waals surface area contributed by atoms with Gasteiger partial charge in [0.25, 0.3) is 5.91 Å². The van der Waals surface area contributed by atoms with Crippen LogP contribution in [0.1, 0.15) is 38.9 Å². The Bertz CT molecular complexity index is 718. The molecule has 0 atom stereocenters. The van der Waals surface area contributed by atoms with E-state index in [1.54, 1.807) is 23.1 Å². The monoisotopic (exact) mass is 284 g/mol. The number of nitrogens with zero attached hydrogens (tertiary/aromatic N) is 2. The molecule has 5 nitrogen and oxygen atoms in total. The van der Waals surface area contributed by atoms with Crippen molar-refractivity contribution in [3.63, 3.8) is 0 Å². The molecule has 0 saturated heterocycles. The molecule has 1 aliphatic rings. The molecule has 1 aromatic heterocycles. The van der Waals surface area contributed by atoms with Gasteiger partial charge in [0.2, 0.25) is 0 Å². The van der Waals surface area contributed by atoms with Gasteiger partial charge >= 0.3 is 5.97 Å². The second-order valence-corrected chi connectivity index (χ2v) is 5.13. The first-order chi connectivity index (χ1) is 10.1. The summed E-state index contributed by atoms with van der Waals surface area (Å²) < 4.78 is 1.91. The number of carboxylic acids is 1.